The van der Waals surface area contributed by atoms with E-state index in [9.17, 15) is 8.78 Å². The van der Waals surface area contributed by atoms with Crippen molar-refractivity contribution in [1.82, 2.24) is 30.3 Å². The minimum absolute atomic E-state index is 0.0517. The highest BCUT2D eigenvalue weighted by molar-refractivity contribution is 5.80. The van der Waals surface area contributed by atoms with Gasteiger partial charge in [-0.2, -0.15) is 5.10 Å². The van der Waals surface area contributed by atoms with Gasteiger partial charge in [-0.05, 0) is 39.6 Å². The zero-order chi connectivity index (χ0) is 20.3. The van der Waals surface area contributed by atoms with Gasteiger partial charge in [0, 0.05) is 31.6 Å². The summed E-state index contributed by atoms with van der Waals surface area (Å²) < 4.78 is 30.4. The lowest BCUT2D eigenvalue weighted by atomic mass is 10.0. The van der Waals surface area contributed by atoms with Crippen LogP contribution in [0.3, 0.4) is 0 Å². The number of nitrogens with zero attached hydrogens (tertiary/aromatic N) is 5. The molecular weight excluding hydrogens is 364 g/mol. The van der Waals surface area contributed by atoms with Gasteiger partial charge in [0.2, 0.25) is 0 Å². The molecule has 0 spiro atoms. The Morgan fingerprint density at radius 3 is 2.71 bits per heavy atom. The molecule has 1 aromatic heterocycles. The summed E-state index contributed by atoms with van der Waals surface area (Å²) in [6.45, 7) is 2.90. The van der Waals surface area contributed by atoms with Crippen molar-refractivity contribution in [3.8, 4) is 0 Å². The van der Waals surface area contributed by atoms with E-state index in [4.69, 9.17) is 0 Å². The second kappa shape index (κ2) is 8.64. The number of aromatic nitrogens is 3. The monoisotopic (exact) mass is 391 g/mol. The van der Waals surface area contributed by atoms with Gasteiger partial charge in [0.05, 0.1) is 12.6 Å². The topological polar surface area (TPSA) is 70.4 Å². The van der Waals surface area contributed by atoms with Crippen molar-refractivity contribution in [2.75, 3.05) is 27.7 Å². The van der Waals surface area contributed by atoms with E-state index in [0.29, 0.717) is 19.0 Å². The summed E-state index contributed by atoms with van der Waals surface area (Å²) in [4.78, 5) is 10.5. The average Bonchev–Trinajstić information content (AvgIpc) is 3.01. The van der Waals surface area contributed by atoms with Crippen LogP contribution in [0.4, 0.5) is 8.78 Å². The Kier molecular flexibility index (Phi) is 6.23. The summed E-state index contributed by atoms with van der Waals surface area (Å²) in [6.07, 6.45) is 1.76. The number of fused-ring (bicyclic) bond motifs is 1. The van der Waals surface area contributed by atoms with Crippen molar-refractivity contribution in [3.05, 3.63) is 47.0 Å². The molecule has 1 aliphatic heterocycles. The van der Waals surface area contributed by atoms with Gasteiger partial charge in [0.15, 0.2) is 5.96 Å². The van der Waals surface area contributed by atoms with Crippen LogP contribution in [0.25, 0.3) is 0 Å². The molecule has 7 nitrogen and oxygen atoms in total. The fourth-order valence-corrected chi connectivity index (χ4v) is 3.50. The molecule has 0 radical (unpaired) electrons. The summed E-state index contributed by atoms with van der Waals surface area (Å²) in [7, 11) is 5.27. The highest BCUT2D eigenvalue weighted by Crippen LogP contribution is 2.24. The maximum atomic E-state index is 14.2. The van der Waals surface area contributed by atoms with Gasteiger partial charge in [0.1, 0.15) is 23.3 Å². The quantitative estimate of drug-likeness (QED) is 0.599. The molecule has 1 aromatic carbocycles. The Morgan fingerprint density at radius 1 is 1.36 bits per heavy atom. The second-order valence-electron chi connectivity index (χ2n) is 7.21. The summed E-state index contributed by atoms with van der Waals surface area (Å²) in [5.41, 5.74) is 0.0517. The largest absolute Gasteiger partial charge is 0.354 e. The van der Waals surface area contributed by atoms with Gasteiger partial charge in [-0.25, -0.2) is 18.4 Å². The number of benzene rings is 1. The zero-order valence-corrected chi connectivity index (χ0v) is 16.7. The van der Waals surface area contributed by atoms with Crippen LogP contribution in [0.15, 0.2) is 23.2 Å². The van der Waals surface area contributed by atoms with Gasteiger partial charge >= 0.3 is 0 Å². The van der Waals surface area contributed by atoms with Crippen molar-refractivity contribution in [2.24, 2.45) is 4.99 Å². The van der Waals surface area contributed by atoms with Crippen molar-refractivity contribution in [3.63, 3.8) is 0 Å². The Morgan fingerprint density at radius 2 is 2.07 bits per heavy atom. The third-order valence-electron chi connectivity index (χ3n) is 4.95. The molecule has 2 atom stereocenters. The van der Waals surface area contributed by atoms with E-state index in [0.717, 1.165) is 24.5 Å². The molecule has 1 aliphatic rings. The zero-order valence-electron chi connectivity index (χ0n) is 16.7. The lowest BCUT2D eigenvalue weighted by Crippen LogP contribution is -2.48. The second-order valence-corrected chi connectivity index (χ2v) is 7.21. The fraction of sp³-hybridized carbons (Fsp3) is 0.526. The predicted octanol–water partition coefficient (Wildman–Crippen LogP) is 1.65. The first-order valence-corrected chi connectivity index (χ1v) is 9.37. The maximum Gasteiger partial charge on any atom is 0.191 e. The van der Waals surface area contributed by atoms with Crippen LogP contribution in [-0.4, -0.2) is 59.4 Å². The van der Waals surface area contributed by atoms with Gasteiger partial charge in [-0.15, -0.1) is 0 Å². The van der Waals surface area contributed by atoms with Crippen molar-refractivity contribution >= 4 is 5.96 Å². The Hall–Kier alpha value is -2.55. The minimum atomic E-state index is -0.551. The normalized spacial score (nSPS) is 18.1. The first-order valence-electron chi connectivity index (χ1n) is 9.37. The number of aryl methyl sites for hydroxylation is 2. The van der Waals surface area contributed by atoms with E-state index in [-0.39, 0.29) is 11.6 Å². The summed E-state index contributed by atoms with van der Waals surface area (Å²) in [5, 5.41) is 11.0. The molecular formula is C19H27F2N7. The number of likely N-dealkylation sites (N-methyl/N-ethyl adjacent to an activating group) is 1. The van der Waals surface area contributed by atoms with Crippen LogP contribution in [0, 0.1) is 18.6 Å². The number of halogens is 2. The van der Waals surface area contributed by atoms with Crippen LogP contribution in [0.2, 0.25) is 0 Å². The van der Waals surface area contributed by atoms with Crippen LogP contribution in [0.5, 0.6) is 0 Å². The van der Waals surface area contributed by atoms with E-state index in [2.05, 4.69) is 25.7 Å². The fourth-order valence-electron chi connectivity index (χ4n) is 3.50. The molecule has 0 fully saturated rings. The standard InChI is InChI=1S/C19H27F2N7/c1-12-24-17-9-8-13(11-28(17)26-12)25-19(22-2)23-10-16(27(3)4)18-14(20)6-5-7-15(18)21/h5-7,13,16H,8-11H2,1-4H3,(H2,22,23,25). The van der Waals surface area contributed by atoms with Crippen LogP contribution >= 0.6 is 0 Å². The lowest BCUT2D eigenvalue weighted by molar-refractivity contribution is 0.282. The third kappa shape index (κ3) is 4.46. The summed E-state index contributed by atoms with van der Waals surface area (Å²) in [6, 6.07) is 3.61. The molecule has 2 unspecified atom stereocenters. The number of guanidine groups is 1. The molecule has 0 saturated heterocycles. The smallest absolute Gasteiger partial charge is 0.191 e. The summed E-state index contributed by atoms with van der Waals surface area (Å²) >= 11 is 0. The molecule has 2 aromatic rings. The van der Waals surface area contributed by atoms with Gasteiger partial charge in [-0.1, -0.05) is 6.07 Å². The number of aliphatic imine (C=N–C) groups is 1. The molecule has 0 bridgehead atoms. The van der Waals surface area contributed by atoms with Gasteiger partial charge in [0.25, 0.3) is 0 Å². The summed E-state index contributed by atoms with van der Waals surface area (Å²) in [5.74, 6) is 1.27. The van der Waals surface area contributed by atoms with Crippen LogP contribution in [0.1, 0.15) is 29.7 Å². The Bertz CT molecular complexity index is 827. The molecule has 28 heavy (non-hydrogen) atoms. The molecule has 152 valence electrons. The van der Waals surface area contributed by atoms with Crippen molar-refractivity contribution < 1.29 is 8.78 Å². The minimum Gasteiger partial charge on any atom is -0.354 e. The first kappa shape index (κ1) is 20.2. The molecule has 2 N–H and O–H groups in total. The van der Waals surface area contributed by atoms with Gasteiger partial charge in [-0.3, -0.25) is 4.99 Å². The number of hydrogen-bond acceptors (Lipinski definition) is 4. The Labute approximate surface area is 163 Å². The maximum absolute atomic E-state index is 14.2. The van der Waals surface area contributed by atoms with Crippen LogP contribution in [-0.2, 0) is 13.0 Å². The number of nitrogens with one attached hydrogen (secondary N) is 2. The molecule has 9 heteroatoms. The van der Waals surface area contributed by atoms with Gasteiger partial charge < -0.3 is 15.5 Å². The van der Waals surface area contributed by atoms with E-state index in [1.54, 1.807) is 26.0 Å². The van der Waals surface area contributed by atoms with Crippen molar-refractivity contribution in [1.29, 1.82) is 0 Å². The molecule has 0 aliphatic carbocycles. The SMILES string of the molecule is CN=C(NCC(c1c(F)cccc1F)N(C)C)NC1CCc2nc(C)nn2C1. The molecule has 3 rings (SSSR count). The van der Waals surface area contributed by atoms with E-state index >= 15 is 0 Å². The highest BCUT2D eigenvalue weighted by Gasteiger charge is 2.24. The van der Waals surface area contributed by atoms with Crippen LogP contribution < -0.4 is 10.6 Å². The number of rotatable bonds is 5. The number of hydrogen-bond donors (Lipinski definition) is 2. The third-order valence-corrected chi connectivity index (χ3v) is 4.95. The van der Waals surface area contributed by atoms with E-state index < -0.39 is 17.7 Å². The highest BCUT2D eigenvalue weighted by atomic mass is 19.1. The average molecular weight is 391 g/mol. The van der Waals surface area contributed by atoms with E-state index in [1.807, 2.05) is 11.6 Å². The first-order chi connectivity index (χ1) is 13.4. The predicted molar refractivity (Wildman–Crippen MR) is 104 cm³/mol. The lowest BCUT2D eigenvalue weighted by Gasteiger charge is -2.29. The van der Waals surface area contributed by atoms with Crippen molar-refractivity contribution in [2.45, 2.75) is 38.4 Å². The molecule has 0 amide bonds. The molecule has 2 heterocycles. The van der Waals surface area contributed by atoms with E-state index in [1.165, 1.54) is 18.2 Å². The Balaban J connectivity index is 1.64. The molecule has 0 saturated carbocycles.